The minimum Gasteiger partial charge on any atom is -0.275 e. The quantitative estimate of drug-likeness (QED) is 0.305. The predicted molar refractivity (Wildman–Crippen MR) is 174 cm³/mol. The van der Waals surface area contributed by atoms with Crippen molar-refractivity contribution in [2.24, 2.45) is 17.8 Å². The Bertz CT molecular complexity index is 656. The molecule has 39 heavy (non-hydrogen) atoms. The molecular formula is C37H68NP. The van der Waals surface area contributed by atoms with Crippen molar-refractivity contribution >= 4 is 8.07 Å². The molecule has 0 aromatic heterocycles. The summed E-state index contributed by atoms with van der Waals surface area (Å²) < 4.78 is 3.51. The third kappa shape index (κ3) is 9.19. The van der Waals surface area contributed by atoms with Crippen molar-refractivity contribution in [2.75, 3.05) is 0 Å². The second-order valence-corrected chi connectivity index (χ2v) is 18.1. The Hall–Kier alpha value is 0.390. The second kappa shape index (κ2) is 16.9. The van der Waals surface area contributed by atoms with Crippen LogP contribution in [0.5, 0.6) is 0 Å². The first-order valence-corrected chi connectivity index (χ1v) is 20.3. The molecule has 1 nitrogen and oxygen atoms in total. The topological polar surface area (TPSA) is 3.24 Å². The smallest absolute Gasteiger partial charge is 0.0140 e. The zero-order valence-corrected chi connectivity index (χ0v) is 27.3. The number of hydrogen-bond acceptors (Lipinski definition) is 1. The van der Waals surface area contributed by atoms with Crippen LogP contribution in [-0.4, -0.2) is 28.1 Å². The number of fused-ring (bicyclic) bond motifs is 5. The molecule has 5 aliphatic rings. The summed E-state index contributed by atoms with van der Waals surface area (Å²) in [5.74, 6) is 3.07. The molecule has 4 aliphatic carbocycles. The van der Waals surface area contributed by atoms with E-state index in [1.165, 1.54) is 109 Å². The lowest BCUT2D eigenvalue weighted by atomic mass is 9.75. The van der Waals surface area contributed by atoms with E-state index in [0.29, 0.717) is 0 Å². The van der Waals surface area contributed by atoms with Gasteiger partial charge in [0.2, 0.25) is 0 Å². The first kappa shape index (κ1) is 30.8. The Morgan fingerprint density at radius 1 is 0.385 bits per heavy atom. The number of nitrogens with zero attached hydrogens (tertiary/aromatic N) is 1. The SMILES string of the molecule is CC1CCCCCCCC(P2C3CCCCCCCC(C3)C3CCCCCC(C3)N2C2CCCCCCC2)C1. The highest BCUT2D eigenvalue weighted by atomic mass is 31.1. The van der Waals surface area contributed by atoms with Gasteiger partial charge in [-0.1, -0.05) is 142 Å². The summed E-state index contributed by atoms with van der Waals surface area (Å²) in [6.07, 6.45) is 44.7. The minimum atomic E-state index is -0.0222. The van der Waals surface area contributed by atoms with Crippen LogP contribution in [0.1, 0.15) is 193 Å². The zero-order valence-electron chi connectivity index (χ0n) is 26.4. The van der Waals surface area contributed by atoms with Crippen LogP contribution < -0.4 is 0 Å². The first-order chi connectivity index (χ1) is 19.3. The van der Waals surface area contributed by atoms with Gasteiger partial charge >= 0.3 is 0 Å². The maximum atomic E-state index is 3.51. The van der Waals surface area contributed by atoms with Crippen LogP contribution in [0.2, 0.25) is 0 Å². The van der Waals surface area contributed by atoms with Crippen molar-refractivity contribution in [3.63, 3.8) is 0 Å². The van der Waals surface area contributed by atoms with E-state index < -0.39 is 0 Å². The van der Waals surface area contributed by atoms with Gasteiger partial charge in [-0.05, 0) is 88.5 Å². The zero-order chi connectivity index (χ0) is 26.7. The number of hydrogen-bond donors (Lipinski definition) is 0. The highest BCUT2D eigenvalue weighted by Crippen LogP contribution is 2.62. The van der Waals surface area contributed by atoms with Gasteiger partial charge in [0.25, 0.3) is 0 Å². The predicted octanol–water partition coefficient (Wildman–Crippen LogP) is 12.4. The Labute approximate surface area is 246 Å². The van der Waals surface area contributed by atoms with Crippen LogP contribution in [0, 0.1) is 17.8 Å². The third-order valence-electron chi connectivity index (χ3n) is 12.3. The van der Waals surface area contributed by atoms with Crippen molar-refractivity contribution < 1.29 is 0 Å². The maximum Gasteiger partial charge on any atom is 0.0140 e. The summed E-state index contributed by atoms with van der Waals surface area (Å²) in [5, 5.41) is 0. The van der Waals surface area contributed by atoms with E-state index in [-0.39, 0.29) is 8.07 Å². The fraction of sp³-hybridized carbons (Fsp3) is 1.00. The molecule has 0 amide bonds. The van der Waals surface area contributed by atoms with Gasteiger partial charge in [-0.25, -0.2) is 0 Å². The van der Waals surface area contributed by atoms with E-state index in [1.54, 1.807) is 77.0 Å². The lowest BCUT2D eigenvalue weighted by Crippen LogP contribution is -2.48. The normalized spacial score (nSPS) is 40.1. The summed E-state index contributed by atoms with van der Waals surface area (Å²) in [4.78, 5) is 0. The molecule has 1 heterocycles. The summed E-state index contributed by atoms with van der Waals surface area (Å²) in [6, 6.07) is 1.86. The van der Waals surface area contributed by atoms with Crippen LogP contribution >= 0.6 is 8.07 Å². The van der Waals surface area contributed by atoms with E-state index in [1.807, 2.05) is 0 Å². The van der Waals surface area contributed by atoms with E-state index in [4.69, 9.17) is 0 Å². The summed E-state index contributed by atoms with van der Waals surface area (Å²) in [6.45, 7) is 2.66. The largest absolute Gasteiger partial charge is 0.275 e. The molecule has 226 valence electrons. The monoisotopic (exact) mass is 558 g/mol. The lowest BCUT2D eigenvalue weighted by Gasteiger charge is -2.54. The van der Waals surface area contributed by atoms with Crippen molar-refractivity contribution in [1.29, 1.82) is 0 Å². The Balaban J connectivity index is 1.53. The fourth-order valence-electron chi connectivity index (χ4n) is 10.2. The molecular weight excluding hydrogens is 489 g/mol. The molecule has 7 atom stereocenters. The molecule has 4 saturated carbocycles. The summed E-state index contributed by atoms with van der Waals surface area (Å²) in [5.41, 5.74) is 2.09. The van der Waals surface area contributed by atoms with Gasteiger partial charge in [-0.3, -0.25) is 4.67 Å². The Morgan fingerprint density at radius 2 is 0.795 bits per heavy atom. The van der Waals surface area contributed by atoms with E-state index >= 15 is 0 Å². The molecule has 2 heteroatoms. The Kier molecular flexibility index (Phi) is 13.3. The standard InChI is InChI=1S/C37H68NP/c1-31-20-12-5-2-9-18-26-36(28-31)39-37-27-19-10-3-6-13-22-33(30-37)32-21-14-11-17-25-35(29-32)38(39)34-23-15-7-4-8-16-24-34/h31-37H,2-30H2,1H3. The van der Waals surface area contributed by atoms with Gasteiger partial charge in [0.15, 0.2) is 0 Å². The number of rotatable bonds is 2. The molecule has 4 bridgehead atoms. The van der Waals surface area contributed by atoms with Crippen LogP contribution in [0.25, 0.3) is 0 Å². The molecule has 0 aromatic rings. The molecule has 0 N–H and O–H groups in total. The van der Waals surface area contributed by atoms with Gasteiger partial charge in [0.1, 0.15) is 0 Å². The molecule has 7 unspecified atom stereocenters. The molecule has 0 aromatic carbocycles. The van der Waals surface area contributed by atoms with Gasteiger partial charge < -0.3 is 0 Å². The van der Waals surface area contributed by atoms with E-state index in [2.05, 4.69) is 11.6 Å². The summed E-state index contributed by atoms with van der Waals surface area (Å²) in [7, 11) is -0.0222. The molecule has 5 rings (SSSR count). The molecule has 1 aliphatic heterocycles. The van der Waals surface area contributed by atoms with E-state index in [9.17, 15) is 0 Å². The van der Waals surface area contributed by atoms with Crippen molar-refractivity contribution in [2.45, 2.75) is 217 Å². The van der Waals surface area contributed by atoms with Crippen LogP contribution in [0.15, 0.2) is 0 Å². The highest BCUT2D eigenvalue weighted by molar-refractivity contribution is 7.56. The molecule has 0 spiro atoms. The van der Waals surface area contributed by atoms with Gasteiger partial charge in [0, 0.05) is 12.1 Å². The minimum absolute atomic E-state index is 0.0222. The first-order valence-electron chi connectivity index (χ1n) is 18.9. The highest BCUT2D eigenvalue weighted by Gasteiger charge is 2.45. The summed E-state index contributed by atoms with van der Waals surface area (Å²) >= 11 is 0. The second-order valence-electron chi connectivity index (χ2n) is 15.4. The average Bonchev–Trinajstić information content (AvgIpc) is 2.89. The van der Waals surface area contributed by atoms with Crippen molar-refractivity contribution in [3.8, 4) is 0 Å². The molecule has 5 fully saturated rings. The van der Waals surface area contributed by atoms with Crippen LogP contribution in [0.4, 0.5) is 0 Å². The van der Waals surface area contributed by atoms with E-state index in [0.717, 1.165) is 41.2 Å². The van der Waals surface area contributed by atoms with Gasteiger partial charge in [-0.15, -0.1) is 0 Å². The fourth-order valence-corrected chi connectivity index (χ4v) is 14.7. The van der Waals surface area contributed by atoms with Crippen LogP contribution in [0.3, 0.4) is 0 Å². The van der Waals surface area contributed by atoms with Crippen molar-refractivity contribution in [1.82, 2.24) is 4.67 Å². The molecule has 0 radical (unpaired) electrons. The van der Waals surface area contributed by atoms with Crippen molar-refractivity contribution in [3.05, 3.63) is 0 Å². The Morgan fingerprint density at radius 3 is 1.41 bits per heavy atom. The lowest BCUT2D eigenvalue weighted by molar-refractivity contribution is 0.126. The maximum absolute atomic E-state index is 3.51. The third-order valence-corrected chi connectivity index (χ3v) is 15.9. The molecule has 1 saturated heterocycles. The van der Waals surface area contributed by atoms with Gasteiger partial charge in [0.05, 0.1) is 0 Å². The van der Waals surface area contributed by atoms with Crippen LogP contribution in [-0.2, 0) is 0 Å². The van der Waals surface area contributed by atoms with Gasteiger partial charge in [-0.2, -0.15) is 0 Å². The average molecular weight is 558 g/mol.